The third kappa shape index (κ3) is 5.70. The third-order valence-electron chi connectivity index (χ3n) is 1.71. The van der Waals surface area contributed by atoms with E-state index in [1.807, 2.05) is 11.9 Å². The summed E-state index contributed by atoms with van der Waals surface area (Å²) in [6.07, 6.45) is 1.75. The molecule has 0 saturated heterocycles. The van der Waals surface area contributed by atoms with Crippen molar-refractivity contribution in [3.05, 3.63) is 0 Å². The lowest BCUT2D eigenvalue weighted by molar-refractivity contribution is -0.137. The second-order valence-corrected chi connectivity index (χ2v) is 2.86. The summed E-state index contributed by atoms with van der Waals surface area (Å²) in [4.78, 5) is 11.9. The van der Waals surface area contributed by atoms with Crippen LogP contribution in [0.3, 0.4) is 0 Å². The van der Waals surface area contributed by atoms with Crippen LogP contribution in [0.5, 0.6) is 0 Å². The van der Waals surface area contributed by atoms with Gasteiger partial charge in [0.05, 0.1) is 5.84 Å². The van der Waals surface area contributed by atoms with E-state index in [9.17, 15) is 4.79 Å². The van der Waals surface area contributed by atoms with Gasteiger partial charge in [-0.3, -0.25) is 10.2 Å². The molecule has 0 aliphatic heterocycles. The van der Waals surface area contributed by atoms with Gasteiger partial charge in [-0.25, -0.2) is 0 Å². The van der Waals surface area contributed by atoms with Crippen molar-refractivity contribution in [3.8, 4) is 0 Å². The normalized spacial score (nSPS) is 9.50. The molecule has 4 nitrogen and oxygen atoms in total. The summed E-state index contributed by atoms with van der Waals surface area (Å²) in [5.74, 6) is -0.227. The van der Waals surface area contributed by atoms with Crippen LogP contribution in [0.15, 0.2) is 0 Å². The molecule has 0 heterocycles. The summed E-state index contributed by atoms with van der Waals surface area (Å²) in [6.45, 7) is 2.49. The molecule has 0 rings (SSSR count). The van der Waals surface area contributed by atoms with Crippen molar-refractivity contribution in [2.24, 2.45) is 0 Å². The van der Waals surface area contributed by atoms with Crippen LogP contribution in [0.1, 0.15) is 26.2 Å². The number of carboxylic acid groups (broad SMARTS) is 1. The van der Waals surface area contributed by atoms with Crippen molar-refractivity contribution in [3.63, 3.8) is 0 Å². The van der Waals surface area contributed by atoms with Crippen LogP contribution in [0.25, 0.3) is 0 Å². The topological polar surface area (TPSA) is 64.4 Å². The van der Waals surface area contributed by atoms with Gasteiger partial charge in [0.2, 0.25) is 0 Å². The summed E-state index contributed by atoms with van der Waals surface area (Å²) >= 11 is 0. The number of carbonyl (C=O) groups is 1. The monoisotopic (exact) mass is 172 g/mol. The molecule has 4 heteroatoms. The summed E-state index contributed by atoms with van der Waals surface area (Å²) in [5, 5.41) is 15.6. The van der Waals surface area contributed by atoms with E-state index in [-0.39, 0.29) is 6.42 Å². The van der Waals surface area contributed by atoms with Crippen molar-refractivity contribution in [2.75, 3.05) is 13.6 Å². The van der Waals surface area contributed by atoms with Crippen LogP contribution in [-0.2, 0) is 4.79 Å². The van der Waals surface area contributed by atoms with Crippen molar-refractivity contribution >= 4 is 11.8 Å². The van der Waals surface area contributed by atoms with Crippen LogP contribution in [-0.4, -0.2) is 35.4 Å². The fraction of sp³-hybridized carbons (Fsp3) is 0.750. The van der Waals surface area contributed by atoms with Gasteiger partial charge in [0.25, 0.3) is 0 Å². The Kier molecular flexibility index (Phi) is 5.08. The molecule has 0 aliphatic carbocycles. The highest BCUT2D eigenvalue weighted by Crippen LogP contribution is 1.97. The van der Waals surface area contributed by atoms with E-state index in [2.05, 4.69) is 0 Å². The first-order valence-corrected chi connectivity index (χ1v) is 4.02. The van der Waals surface area contributed by atoms with Crippen molar-refractivity contribution < 1.29 is 9.90 Å². The second kappa shape index (κ2) is 5.57. The van der Waals surface area contributed by atoms with Crippen LogP contribution in [0.2, 0.25) is 0 Å². The molecule has 0 amide bonds. The Morgan fingerprint density at radius 1 is 1.50 bits per heavy atom. The number of amidine groups is 1. The van der Waals surface area contributed by atoms with E-state index in [1.165, 1.54) is 0 Å². The molecule has 0 radical (unpaired) electrons. The number of nitrogens with zero attached hydrogens (tertiary/aromatic N) is 1. The molecule has 0 atom stereocenters. The van der Waals surface area contributed by atoms with Gasteiger partial charge in [-0.1, -0.05) is 0 Å². The lowest BCUT2D eigenvalue weighted by atomic mass is 10.2. The number of hydrogen-bond acceptors (Lipinski definition) is 2. The highest BCUT2D eigenvalue weighted by atomic mass is 16.4. The summed E-state index contributed by atoms with van der Waals surface area (Å²) in [7, 11) is 1.84. The molecular weight excluding hydrogens is 156 g/mol. The summed E-state index contributed by atoms with van der Waals surface area (Å²) < 4.78 is 0. The molecule has 0 fully saturated rings. The largest absolute Gasteiger partial charge is 0.481 e. The standard InChI is InChI=1S/C8H16N2O2/c1-7(9)10(2)6-4-3-5-8(11)12/h9H,3-6H2,1-2H3,(H,11,12). The zero-order valence-corrected chi connectivity index (χ0v) is 7.63. The van der Waals surface area contributed by atoms with Gasteiger partial charge in [0.15, 0.2) is 0 Å². The van der Waals surface area contributed by atoms with Gasteiger partial charge < -0.3 is 10.0 Å². The number of aliphatic carboxylic acids is 1. The maximum atomic E-state index is 10.1. The molecule has 70 valence electrons. The van der Waals surface area contributed by atoms with E-state index in [4.69, 9.17) is 10.5 Å². The fourth-order valence-corrected chi connectivity index (χ4v) is 0.793. The highest BCUT2D eigenvalue weighted by molar-refractivity contribution is 5.75. The molecule has 0 bridgehead atoms. The maximum absolute atomic E-state index is 10.1. The maximum Gasteiger partial charge on any atom is 0.303 e. The minimum Gasteiger partial charge on any atom is -0.481 e. The molecule has 0 saturated carbocycles. The van der Waals surface area contributed by atoms with Crippen LogP contribution >= 0.6 is 0 Å². The Labute approximate surface area is 72.7 Å². The smallest absolute Gasteiger partial charge is 0.303 e. The molecule has 12 heavy (non-hydrogen) atoms. The van der Waals surface area contributed by atoms with Crippen molar-refractivity contribution in [2.45, 2.75) is 26.2 Å². The lowest BCUT2D eigenvalue weighted by Crippen LogP contribution is -2.24. The second-order valence-electron chi connectivity index (χ2n) is 2.86. The third-order valence-corrected chi connectivity index (χ3v) is 1.71. The predicted molar refractivity (Wildman–Crippen MR) is 47.5 cm³/mol. The molecule has 0 aromatic carbocycles. The number of hydrogen-bond donors (Lipinski definition) is 2. The highest BCUT2D eigenvalue weighted by Gasteiger charge is 1.99. The van der Waals surface area contributed by atoms with Gasteiger partial charge in [-0.15, -0.1) is 0 Å². The average molecular weight is 172 g/mol. The SMILES string of the molecule is CC(=N)N(C)CCCCC(=O)O. The number of carboxylic acids is 1. The fourth-order valence-electron chi connectivity index (χ4n) is 0.793. The van der Waals surface area contributed by atoms with E-state index < -0.39 is 5.97 Å². The van der Waals surface area contributed by atoms with Gasteiger partial charge in [0.1, 0.15) is 0 Å². The Morgan fingerprint density at radius 2 is 2.08 bits per heavy atom. The predicted octanol–water partition coefficient (Wildman–Crippen LogP) is 1.17. The quantitative estimate of drug-likeness (QED) is 0.371. The summed E-state index contributed by atoms with van der Waals surface area (Å²) in [5.41, 5.74) is 0. The minimum absolute atomic E-state index is 0.227. The molecule has 2 N–H and O–H groups in total. The van der Waals surface area contributed by atoms with E-state index in [0.29, 0.717) is 12.3 Å². The molecule has 0 aliphatic rings. The van der Waals surface area contributed by atoms with E-state index in [1.54, 1.807) is 6.92 Å². The Morgan fingerprint density at radius 3 is 2.50 bits per heavy atom. The Bertz CT molecular complexity index is 168. The van der Waals surface area contributed by atoms with Crippen LogP contribution in [0.4, 0.5) is 0 Å². The Hall–Kier alpha value is -1.06. The van der Waals surface area contributed by atoms with Crippen LogP contribution < -0.4 is 0 Å². The average Bonchev–Trinajstić information content (AvgIpc) is 1.97. The van der Waals surface area contributed by atoms with E-state index in [0.717, 1.165) is 13.0 Å². The van der Waals surface area contributed by atoms with Crippen LogP contribution in [0, 0.1) is 5.41 Å². The Balaban J connectivity index is 3.31. The first-order chi connectivity index (χ1) is 5.54. The van der Waals surface area contributed by atoms with Gasteiger partial charge >= 0.3 is 5.97 Å². The molecule has 0 aromatic rings. The van der Waals surface area contributed by atoms with Crippen molar-refractivity contribution in [1.29, 1.82) is 5.41 Å². The number of rotatable bonds is 5. The molecule has 0 spiro atoms. The van der Waals surface area contributed by atoms with E-state index >= 15 is 0 Å². The number of nitrogens with one attached hydrogen (secondary N) is 1. The minimum atomic E-state index is -0.746. The first-order valence-electron chi connectivity index (χ1n) is 4.02. The molecular formula is C8H16N2O2. The van der Waals surface area contributed by atoms with Gasteiger partial charge in [-0.05, 0) is 19.8 Å². The molecule has 0 unspecified atom stereocenters. The molecule has 0 aromatic heterocycles. The number of unbranched alkanes of at least 4 members (excludes halogenated alkanes) is 1. The van der Waals surface area contributed by atoms with Crippen molar-refractivity contribution in [1.82, 2.24) is 4.90 Å². The first kappa shape index (κ1) is 10.9. The van der Waals surface area contributed by atoms with Gasteiger partial charge in [-0.2, -0.15) is 0 Å². The lowest BCUT2D eigenvalue weighted by Gasteiger charge is -2.16. The van der Waals surface area contributed by atoms with Gasteiger partial charge in [0, 0.05) is 20.0 Å². The summed E-state index contributed by atoms with van der Waals surface area (Å²) in [6, 6.07) is 0. The zero-order chi connectivity index (χ0) is 9.56. The zero-order valence-electron chi connectivity index (χ0n) is 7.63.